The summed E-state index contributed by atoms with van der Waals surface area (Å²) in [5.74, 6) is 1.82. The van der Waals surface area contributed by atoms with Crippen LogP contribution in [0.5, 0.6) is 0 Å². The molecule has 1 aromatic heterocycles. The summed E-state index contributed by atoms with van der Waals surface area (Å²) >= 11 is 2.33. The number of aryl methyl sites for hydroxylation is 1. The molecule has 0 unspecified atom stereocenters. The van der Waals surface area contributed by atoms with Crippen LogP contribution in [0, 0.1) is 10.5 Å². The predicted molar refractivity (Wildman–Crippen MR) is 94.7 cm³/mol. The highest BCUT2D eigenvalue weighted by atomic mass is 127. The lowest BCUT2D eigenvalue weighted by atomic mass is 9.93. The van der Waals surface area contributed by atoms with Crippen molar-refractivity contribution in [3.05, 3.63) is 15.1 Å². The van der Waals surface area contributed by atoms with E-state index in [1.165, 1.54) is 25.7 Å². The van der Waals surface area contributed by atoms with Gasteiger partial charge in [-0.2, -0.15) is 0 Å². The molecule has 118 valence electrons. The van der Waals surface area contributed by atoms with E-state index < -0.39 is 0 Å². The molecule has 1 heterocycles. The molecule has 0 radical (unpaired) electrons. The third-order valence-electron chi connectivity index (χ3n) is 4.27. The van der Waals surface area contributed by atoms with Crippen molar-refractivity contribution in [2.45, 2.75) is 64.4 Å². The van der Waals surface area contributed by atoms with Gasteiger partial charge in [-0.25, -0.2) is 9.97 Å². The molecule has 1 aliphatic rings. The van der Waals surface area contributed by atoms with Gasteiger partial charge < -0.3 is 10.1 Å². The van der Waals surface area contributed by atoms with Gasteiger partial charge in [0.25, 0.3) is 0 Å². The van der Waals surface area contributed by atoms with E-state index in [4.69, 9.17) is 14.7 Å². The molecule has 1 aliphatic carbocycles. The van der Waals surface area contributed by atoms with E-state index >= 15 is 0 Å². The molecule has 0 aliphatic heterocycles. The number of aromatic nitrogens is 2. The van der Waals surface area contributed by atoms with E-state index in [9.17, 15) is 0 Å². The Morgan fingerprint density at radius 3 is 2.43 bits per heavy atom. The van der Waals surface area contributed by atoms with Crippen LogP contribution in [0.25, 0.3) is 0 Å². The van der Waals surface area contributed by atoms with Crippen molar-refractivity contribution in [1.29, 1.82) is 0 Å². The molecule has 0 bridgehead atoms. The number of hydrogen-bond acceptors (Lipinski definition) is 4. The SMILES string of the molecule is CCCNc1nc(C2(OC)CCCCCC2)nc(C)c1I. The van der Waals surface area contributed by atoms with Crippen molar-refractivity contribution in [3.8, 4) is 0 Å². The highest BCUT2D eigenvalue weighted by Gasteiger charge is 2.36. The van der Waals surface area contributed by atoms with Crippen molar-refractivity contribution in [1.82, 2.24) is 9.97 Å². The Bertz CT molecular complexity index is 471. The topological polar surface area (TPSA) is 47.0 Å². The van der Waals surface area contributed by atoms with Crippen LogP contribution in [0.2, 0.25) is 0 Å². The molecule has 5 heteroatoms. The van der Waals surface area contributed by atoms with E-state index in [-0.39, 0.29) is 5.60 Å². The number of nitrogens with zero attached hydrogens (tertiary/aromatic N) is 2. The number of ether oxygens (including phenoxy) is 1. The molecule has 1 aromatic rings. The van der Waals surface area contributed by atoms with Crippen LogP contribution < -0.4 is 5.32 Å². The maximum absolute atomic E-state index is 5.94. The standard InChI is InChI=1S/C16H26IN3O/c1-4-11-18-14-13(17)12(2)19-15(20-14)16(21-3)9-7-5-6-8-10-16/h4-11H2,1-3H3,(H,18,19,20). The van der Waals surface area contributed by atoms with Crippen LogP contribution in [0.15, 0.2) is 0 Å². The summed E-state index contributed by atoms with van der Waals surface area (Å²) in [5, 5.41) is 3.43. The number of halogens is 1. The van der Waals surface area contributed by atoms with E-state index in [1.54, 1.807) is 7.11 Å². The van der Waals surface area contributed by atoms with Gasteiger partial charge in [-0.15, -0.1) is 0 Å². The summed E-state index contributed by atoms with van der Waals surface area (Å²) in [5.41, 5.74) is 0.744. The van der Waals surface area contributed by atoms with E-state index in [2.05, 4.69) is 41.8 Å². The highest BCUT2D eigenvalue weighted by Crippen LogP contribution is 2.38. The van der Waals surface area contributed by atoms with E-state index in [1.807, 2.05) is 0 Å². The van der Waals surface area contributed by atoms with Crippen molar-refractivity contribution in [2.75, 3.05) is 19.0 Å². The number of hydrogen-bond donors (Lipinski definition) is 1. The van der Waals surface area contributed by atoms with Crippen LogP contribution >= 0.6 is 22.6 Å². The molecule has 1 N–H and O–H groups in total. The summed E-state index contributed by atoms with van der Waals surface area (Å²) in [6.45, 7) is 5.16. The third-order valence-corrected chi connectivity index (χ3v) is 5.56. The first-order valence-electron chi connectivity index (χ1n) is 7.96. The molecular formula is C16H26IN3O. The first-order valence-corrected chi connectivity index (χ1v) is 9.04. The second-order valence-corrected chi connectivity index (χ2v) is 6.91. The van der Waals surface area contributed by atoms with Crippen molar-refractivity contribution in [3.63, 3.8) is 0 Å². The molecule has 21 heavy (non-hydrogen) atoms. The normalized spacial score (nSPS) is 18.3. The van der Waals surface area contributed by atoms with Crippen molar-refractivity contribution in [2.24, 2.45) is 0 Å². The zero-order valence-corrected chi connectivity index (χ0v) is 15.5. The molecule has 0 amide bonds. The molecule has 1 saturated carbocycles. The van der Waals surface area contributed by atoms with Gasteiger partial charge in [-0.3, -0.25) is 0 Å². The lowest BCUT2D eigenvalue weighted by Crippen LogP contribution is -2.31. The molecule has 0 aromatic carbocycles. The zero-order chi connectivity index (χ0) is 15.3. The second-order valence-electron chi connectivity index (χ2n) is 5.83. The molecule has 0 atom stereocenters. The predicted octanol–water partition coefficient (Wildman–Crippen LogP) is 4.41. The molecular weight excluding hydrogens is 377 g/mol. The fourth-order valence-electron chi connectivity index (χ4n) is 2.94. The molecule has 0 spiro atoms. The van der Waals surface area contributed by atoms with Gasteiger partial charge in [-0.05, 0) is 48.8 Å². The molecule has 4 nitrogen and oxygen atoms in total. The number of methoxy groups -OCH3 is 1. The smallest absolute Gasteiger partial charge is 0.162 e. The summed E-state index contributed by atoms with van der Waals surface area (Å²) in [7, 11) is 1.81. The summed E-state index contributed by atoms with van der Waals surface area (Å²) in [6.07, 6.45) is 8.10. The Kier molecular flexibility index (Phi) is 6.22. The Morgan fingerprint density at radius 2 is 1.86 bits per heavy atom. The Balaban J connectivity index is 2.38. The van der Waals surface area contributed by atoms with Gasteiger partial charge in [0.2, 0.25) is 0 Å². The Hall–Kier alpha value is -0.430. The van der Waals surface area contributed by atoms with Crippen LogP contribution in [-0.4, -0.2) is 23.6 Å². The Labute approximate surface area is 141 Å². The van der Waals surface area contributed by atoms with Gasteiger partial charge in [0.15, 0.2) is 5.82 Å². The largest absolute Gasteiger partial charge is 0.370 e. The minimum Gasteiger partial charge on any atom is -0.370 e. The average molecular weight is 403 g/mol. The second kappa shape index (κ2) is 7.72. The highest BCUT2D eigenvalue weighted by molar-refractivity contribution is 14.1. The summed E-state index contributed by atoms with van der Waals surface area (Å²) < 4.78 is 7.06. The maximum atomic E-state index is 5.94. The minimum atomic E-state index is -0.297. The summed E-state index contributed by atoms with van der Waals surface area (Å²) in [4.78, 5) is 9.59. The molecule has 1 fully saturated rings. The Morgan fingerprint density at radius 1 is 1.19 bits per heavy atom. The maximum Gasteiger partial charge on any atom is 0.162 e. The van der Waals surface area contributed by atoms with Crippen LogP contribution in [0.4, 0.5) is 5.82 Å². The van der Waals surface area contributed by atoms with E-state index in [0.717, 1.165) is 46.7 Å². The first kappa shape index (κ1) is 16.9. The van der Waals surface area contributed by atoms with Crippen LogP contribution in [-0.2, 0) is 10.3 Å². The third kappa shape index (κ3) is 3.86. The number of anilines is 1. The van der Waals surface area contributed by atoms with Crippen LogP contribution in [0.3, 0.4) is 0 Å². The minimum absolute atomic E-state index is 0.297. The van der Waals surface area contributed by atoms with Crippen molar-refractivity contribution >= 4 is 28.4 Å². The van der Waals surface area contributed by atoms with E-state index in [0.29, 0.717) is 0 Å². The average Bonchev–Trinajstić information content (AvgIpc) is 2.75. The lowest BCUT2D eigenvalue weighted by molar-refractivity contribution is -0.0352. The molecule has 0 saturated heterocycles. The zero-order valence-electron chi connectivity index (χ0n) is 13.3. The fourth-order valence-corrected chi connectivity index (χ4v) is 3.37. The van der Waals surface area contributed by atoms with Gasteiger partial charge in [0.1, 0.15) is 11.4 Å². The van der Waals surface area contributed by atoms with Gasteiger partial charge in [0.05, 0.1) is 9.26 Å². The van der Waals surface area contributed by atoms with Gasteiger partial charge in [-0.1, -0.05) is 32.6 Å². The van der Waals surface area contributed by atoms with Crippen LogP contribution in [0.1, 0.15) is 63.4 Å². The lowest BCUT2D eigenvalue weighted by Gasteiger charge is -2.30. The van der Waals surface area contributed by atoms with Gasteiger partial charge in [0, 0.05) is 13.7 Å². The summed E-state index contributed by atoms with van der Waals surface area (Å²) in [6, 6.07) is 0. The quantitative estimate of drug-likeness (QED) is 0.585. The van der Waals surface area contributed by atoms with Gasteiger partial charge >= 0.3 is 0 Å². The van der Waals surface area contributed by atoms with Crippen molar-refractivity contribution < 1.29 is 4.74 Å². The molecule has 2 rings (SSSR count). The fraction of sp³-hybridized carbons (Fsp3) is 0.750. The number of nitrogens with one attached hydrogen (secondary N) is 1. The first-order chi connectivity index (χ1) is 10.1. The monoisotopic (exact) mass is 403 g/mol. The number of rotatable bonds is 5.